The lowest BCUT2D eigenvalue weighted by molar-refractivity contribution is 0.580. The Morgan fingerprint density at radius 3 is 2.44 bits per heavy atom. The van der Waals surface area contributed by atoms with E-state index in [1.165, 1.54) is 24.3 Å². The number of nitrogens with zero attached hydrogens (tertiary/aromatic N) is 1. The van der Waals surface area contributed by atoms with Crippen molar-refractivity contribution < 1.29 is 12.6 Å². The van der Waals surface area contributed by atoms with E-state index in [-0.39, 0.29) is 11.4 Å². The highest BCUT2D eigenvalue weighted by Crippen LogP contribution is 2.09. The van der Waals surface area contributed by atoms with Gasteiger partial charge < -0.3 is 0 Å². The molecule has 0 heterocycles. The molecule has 1 rings (SSSR count). The Labute approximate surface area is 109 Å². The summed E-state index contributed by atoms with van der Waals surface area (Å²) in [5.41, 5.74) is 0.412. The van der Waals surface area contributed by atoms with Gasteiger partial charge in [-0.25, -0.2) is 13.1 Å². The summed E-state index contributed by atoms with van der Waals surface area (Å²) in [6.07, 6.45) is 2.10. The first kappa shape index (κ1) is 14.8. The minimum Gasteiger partial charge on any atom is -0.260 e. The fourth-order valence-corrected chi connectivity index (χ4v) is 2.90. The second kappa shape index (κ2) is 6.64. The van der Waals surface area contributed by atoms with Gasteiger partial charge in [0.25, 0.3) is 0 Å². The van der Waals surface area contributed by atoms with E-state index in [2.05, 4.69) is 4.72 Å². The molecule has 0 amide bonds. The summed E-state index contributed by atoms with van der Waals surface area (Å²) >= 11 is 0. The smallest absolute Gasteiger partial charge is 0.240 e. The van der Waals surface area contributed by atoms with Crippen LogP contribution in [0.3, 0.4) is 0 Å². The topological polar surface area (TPSA) is 87.0 Å². The molecular weight excluding hydrogens is 272 g/mol. The first-order valence-corrected chi connectivity index (χ1v) is 8.46. The Balaban J connectivity index is 2.63. The second-order valence-electron chi connectivity index (χ2n) is 3.66. The Kier molecular flexibility index (Phi) is 5.47. The quantitative estimate of drug-likeness (QED) is 0.776. The molecule has 1 atom stereocenters. The van der Waals surface area contributed by atoms with Gasteiger partial charge in [-0.2, -0.15) is 5.26 Å². The highest BCUT2D eigenvalue weighted by atomic mass is 32.2. The van der Waals surface area contributed by atoms with Crippen molar-refractivity contribution in [3.63, 3.8) is 0 Å². The van der Waals surface area contributed by atoms with Crippen LogP contribution in [0.5, 0.6) is 0 Å². The van der Waals surface area contributed by atoms with Gasteiger partial charge in [0.1, 0.15) is 0 Å². The molecule has 0 aliphatic carbocycles. The maximum atomic E-state index is 11.8. The van der Waals surface area contributed by atoms with Gasteiger partial charge in [-0.05, 0) is 30.7 Å². The molecule has 0 saturated carbocycles. The second-order valence-corrected chi connectivity index (χ2v) is 6.99. The Bertz CT molecular complexity index is 559. The van der Waals surface area contributed by atoms with Gasteiger partial charge in [0.05, 0.1) is 16.5 Å². The first-order chi connectivity index (χ1) is 8.45. The van der Waals surface area contributed by atoms with E-state index in [0.717, 1.165) is 0 Å². The average molecular weight is 286 g/mol. The van der Waals surface area contributed by atoms with Crippen LogP contribution in [0, 0.1) is 11.3 Å². The largest absolute Gasteiger partial charge is 0.260 e. The maximum Gasteiger partial charge on any atom is 0.240 e. The normalized spacial score (nSPS) is 12.9. The Hall–Kier alpha value is -1.23. The van der Waals surface area contributed by atoms with E-state index in [4.69, 9.17) is 5.26 Å². The van der Waals surface area contributed by atoms with Crippen LogP contribution in [-0.4, -0.2) is 31.2 Å². The van der Waals surface area contributed by atoms with E-state index >= 15 is 0 Å². The molecule has 18 heavy (non-hydrogen) atoms. The van der Waals surface area contributed by atoms with Gasteiger partial charge in [0.2, 0.25) is 10.0 Å². The van der Waals surface area contributed by atoms with Crippen molar-refractivity contribution in [2.45, 2.75) is 11.3 Å². The van der Waals surface area contributed by atoms with Crippen molar-refractivity contribution in [2.75, 3.05) is 18.6 Å². The lowest BCUT2D eigenvalue weighted by Crippen LogP contribution is -2.25. The SMILES string of the molecule is CS(=O)CCCNS(=O)(=O)c1ccc(C#N)cc1. The molecule has 0 aliphatic rings. The van der Waals surface area contributed by atoms with Crippen LogP contribution < -0.4 is 4.72 Å². The predicted molar refractivity (Wildman–Crippen MR) is 69.9 cm³/mol. The molecule has 1 aromatic carbocycles. The number of hydrogen-bond acceptors (Lipinski definition) is 4. The van der Waals surface area contributed by atoms with Crippen molar-refractivity contribution in [1.29, 1.82) is 5.26 Å². The lowest BCUT2D eigenvalue weighted by Gasteiger charge is -2.06. The van der Waals surface area contributed by atoms with Crippen molar-refractivity contribution in [3.05, 3.63) is 29.8 Å². The van der Waals surface area contributed by atoms with Crippen molar-refractivity contribution in [2.24, 2.45) is 0 Å². The molecule has 0 fully saturated rings. The molecule has 1 unspecified atom stereocenters. The highest BCUT2D eigenvalue weighted by Gasteiger charge is 2.12. The van der Waals surface area contributed by atoms with Crippen LogP contribution >= 0.6 is 0 Å². The third-order valence-electron chi connectivity index (χ3n) is 2.19. The highest BCUT2D eigenvalue weighted by molar-refractivity contribution is 7.89. The number of nitrogens with one attached hydrogen (secondary N) is 1. The van der Waals surface area contributed by atoms with E-state index in [1.807, 2.05) is 6.07 Å². The van der Waals surface area contributed by atoms with Gasteiger partial charge in [-0.15, -0.1) is 0 Å². The van der Waals surface area contributed by atoms with Crippen molar-refractivity contribution >= 4 is 20.8 Å². The molecule has 0 radical (unpaired) electrons. The van der Waals surface area contributed by atoms with E-state index in [1.54, 1.807) is 6.26 Å². The third kappa shape index (κ3) is 4.56. The first-order valence-electron chi connectivity index (χ1n) is 5.25. The van der Waals surface area contributed by atoms with Crippen molar-refractivity contribution in [1.82, 2.24) is 4.72 Å². The average Bonchev–Trinajstić information content (AvgIpc) is 2.34. The zero-order chi connectivity index (χ0) is 13.6. The third-order valence-corrected chi connectivity index (χ3v) is 4.53. The van der Waals surface area contributed by atoms with Crippen LogP contribution in [0.4, 0.5) is 0 Å². The van der Waals surface area contributed by atoms with Crippen LogP contribution in [0.25, 0.3) is 0 Å². The molecule has 0 aliphatic heterocycles. The van der Waals surface area contributed by atoms with Crippen LogP contribution in [0.15, 0.2) is 29.2 Å². The monoisotopic (exact) mass is 286 g/mol. The van der Waals surface area contributed by atoms with E-state index in [0.29, 0.717) is 17.7 Å². The summed E-state index contributed by atoms with van der Waals surface area (Å²) in [5.74, 6) is 0.468. The Morgan fingerprint density at radius 1 is 1.33 bits per heavy atom. The van der Waals surface area contributed by atoms with Gasteiger partial charge in [0, 0.05) is 29.4 Å². The van der Waals surface area contributed by atoms with Gasteiger partial charge in [-0.3, -0.25) is 4.21 Å². The van der Waals surface area contributed by atoms with E-state index < -0.39 is 20.8 Å². The number of sulfonamides is 1. The fraction of sp³-hybridized carbons (Fsp3) is 0.364. The molecule has 1 aromatic rings. The molecule has 1 N–H and O–H groups in total. The van der Waals surface area contributed by atoms with Gasteiger partial charge >= 0.3 is 0 Å². The standard InChI is InChI=1S/C11H14N2O3S2/c1-17(14)8-2-7-13-18(15,16)11-5-3-10(9-12)4-6-11/h3-6,13H,2,7-8H2,1H3. The maximum absolute atomic E-state index is 11.8. The molecular formula is C11H14N2O3S2. The minimum atomic E-state index is -3.54. The lowest BCUT2D eigenvalue weighted by atomic mass is 10.2. The molecule has 0 spiro atoms. The fourth-order valence-electron chi connectivity index (χ4n) is 1.27. The zero-order valence-corrected chi connectivity index (χ0v) is 11.6. The molecule has 0 bridgehead atoms. The van der Waals surface area contributed by atoms with Gasteiger partial charge in [-0.1, -0.05) is 0 Å². The number of nitriles is 1. The molecule has 7 heteroatoms. The van der Waals surface area contributed by atoms with Gasteiger partial charge in [0.15, 0.2) is 0 Å². The summed E-state index contributed by atoms with van der Waals surface area (Å²) < 4.78 is 36.8. The molecule has 98 valence electrons. The summed E-state index contributed by atoms with van der Waals surface area (Å²) in [6, 6.07) is 7.60. The zero-order valence-electron chi connectivity index (χ0n) is 9.92. The number of hydrogen-bond donors (Lipinski definition) is 1. The van der Waals surface area contributed by atoms with Crippen LogP contribution in [0.1, 0.15) is 12.0 Å². The van der Waals surface area contributed by atoms with Crippen LogP contribution in [-0.2, 0) is 20.8 Å². The minimum absolute atomic E-state index is 0.124. The number of benzene rings is 1. The molecule has 0 saturated heterocycles. The number of rotatable bonds is 6. The summed E-state index contributed by atoms with van der Waals surface area (Å²) in [7, 11) is -4.46. The predicted octanol–water partition coefficient (Wildman–Crippen LogP) is 0.605. The summed E-state index contributed by atoms with van der Waals surface area (Å²) in [6.45, 7) is 0.252. The molecule has 0 aromatic heterocycles. The molecule has 5 nitrogen and oxygen atoms in total. The van der Waals surface area contributed by atoms with E-state index in [9.17, 15) is 12.6 Å². The summed E-state index contributed by atoms with van der Waals surface area (Å²) in [4.78, 5) is 0.124. The van der Waals surface area contributed by atoms with Crippen LogP contribution in [0.2, 0.25) is 0 Å². The van der Waals surface area contributed by atoms with Crippen molar-refractivity contribution in [3.8, 4) is 6.07 Å². The summed E-state index contributed by atoms with van der Waals surface area (Å²) in [5, 5.41) is 8.61. The Morgan fingerprint density at radius 2 is 1.94 bits per heavy atom.